The molecule has 0 bridgehead atoms. The van der Waals surface area contributed by atoms with Crippen molar-refractivity contribution < 1.29 is 18.3 Å². The van der Waals surface area contributed by atoms with Crippen molar-refractivity contribution in [3.63, 3.8) is 0 Å². The molecule has 0 amide bonds. The molecule has 1 atom stereocenters. The largest absolute Gasteiger partial charge is 0.461 e. The maximum atomic E-state index is 11.8. The van der Waals surface area contributed by atoms with Crippen LogP contribution in [0.1, 0.15) is 6.92 Å². The summed E-state index contributed by atoms with van der Waals surface area (Å²) in [6, 6.07) is 0. The molecule has 0 aromatic rings. The fraction of sp³-hybridized carbons (Fsp3) is 0.750. The highest BCUT2D eigenvalue weighted by Gasteiger charge is 2.33. The van der Waals surface area contributed by atoms with E-state index in [1.54, 1.807) is 0 Å². The number of carbonyl (C=O) groups is 1. The molecule has 1 unspecified atom stereocenters. The molecule has 0 radical (unpaired) electrons. The van der Waals surface area contributed by atoms with E-state index in [1.165, 1.54) is 6.92 Å². The average molecular weight is 156 g/mol. The molecule has 0 rings (SSSR count). The molecule has 0 saturated carbocycles. The van der Waals surface area contributed by atoms with Gasteiger partial charge in [0.1, 0.15) is 0 Å². The molecule has 0 aliphatic carbocycles. The monoisotopic (exact) mass is 156 g/mol. The molecule has 0 aromatic carbocycles. The first-order valence-electron chi connectivity index (χ1n) is 2.32. The number of hydrogen-bond donors (Lipinski definition) is 0. The van der Waals surface area contributed by atoms with Crippen LogP contribution in [0.2, 0.25) is 0 Å². The van der Waals surface area contributed by atoms with E-state index in [0.29, 0.717) is 0 Å². The summed E-state index contributed by atoms with van der Waals surface area (Å²) in [6.45, 7) is 1.44. The summed E-state index contributed by atoms with van der Waals surface area (Å²) in [5.41, 5.74) is -3.43. The summed E-state index contributed by atoms with van der Waals surface area (Å²) in [7, 11) is 1.10. The first-order valence-corrected chi connectivity index (χ1v) is 2.90. The van der Waals surface area contributed by atoms with E-state index >= 15 is 0 Å². The number of esters is 1. The maximum Gasteiger partial charge on any atom is 0.380 e. The highest BCUT2D eigenvalue weighted by atomic mass is 31.0. The van der Waals surface area contributed by atoms with Crippen molar-refractivity contribution in [2.75, 3.05) is 6.61 Å². The maximum absolute atomic E-state index is 11.8. The molecule has 5 heteroatoms. The molecular weight excluding hydrogens is 149 g/mol. The van der Waals surface area contributed by atoms with Crippen molar-refractivity contribution in [2.24, 2.45) is 0 Å². The first-order chi connectivity index (χ1) is 3.98. The van der Waals surface area contributed by atoms with Crippen LogP contribution < -0.4 is 0 Å². The highest BCUT2D eigenvalue weighted by Crippen LogP contribution is 2.22. The van der Waals surface area contributed by atoms with Gasteiger partial charge in [-0.05, 0) is 16.2 Å². The Balaban J connectivity index is 3.74. The quantitative estimate of drug-likeness (QED) is 0.440. The zero-order valence-corrected chi connectivity index (χ0v) is 6.01. The van der Waals surface area contributed by atoms with E-state index in [9.17, 15) is 13.6 Å². The number of hydrogen-bond acceptors (Lipinski definition) is 2. The lowest BCUT2D eigenvalue weighted by Crippen LogP contribution is -2.23. The fourth-order valence-corrected chi connectivity index (χ4v) is 0.311. The van der Waals surface area contributed by atoms with Gasteiger partial charge in [0.15, 0.2) is 0 Å². The molecule has 0 heterocycles. The van der Waals surface area contributed by atoms with Gasteiger partial charge in [-0.15, -0.1) is 0 Å². The molecule has 0 spiro atoms. The fourth-order valence-electron chi connectivity index (χ4n) is 0.227. The van der Waals surface area contributed by atoms with Gasteiger partial charge >= 0.3 is 11.6 Å². The third-order valence-electron chi connectivity index (χ3n) is 0.548. The van der Waals surface area contributed by atoms with Gasteiger partial charge in [-0.25, -0.2) is 4.79 Å². The molecule has 0 aliphatic rings. The summed E-state index contributed by atoms with van der Waals surface area (Å²) in [5.74, 6) is -1.50. The zero-order valence-electron chi connectivity index (χ0n) is 4.86. The molecule has 0 saturated heterocycles. The molecule has 0 aromatic heterocycles. The Hall–Kier alpha value is -0.240. The minimum absolute atomic E-state index is 0.0250. The van der Waals surface area contributed by atoms with Crippen LogP contribution in [0.25, 0.3) is 0 Å². The Bertz CT molecular complexity index is 110. The second-order valence-corrected chi connectivity index (χ2v) is 2.07. The Labute approximate surface area is 53.8 Å². The predicted octanol–water partition coefficient (Wildman–Crippen LogP) is 1.02. The van der Waals surface area contributed by atoms with Crippen LogP contribution in [0, 0.1) is 0 Å². The van der Waals surface area contributed by atoms with E-state index in [0.717, 1.165) is 9.24 Å². The van der Waals surface area contributed by atoms with Crippen LogP contribution in [0.4, 0.5) is 8.78 Å². The molecular formula is C4H7F2O2P. The normalized spacial score (nSPS) is 11.1. The van der Waals surface area contributed by atoms with E-state index in [2.05, 4.69) is 4.74 Å². The summed E-state index contributed by atoms with van der Waals surface area (Å²) in [4.78, 5) is 10.1. The van der Waals surface area contributed by atoms with Crippen LogP contribution in [-0.4, -0.2) is 18.2 Å². The van der Waals surface area contributed by atoms with E-state index in [1.807, 2.05) is 0 Å². The Morgan fingerprint density at radius 3 is 2.33 bits per heavy atom. The summed E-state index contributed by atoms with van der Waals surface area (Å²) >= 11 is 0. The SMILES string of the molecule is CCOC(=O)C(F)(F)P. The lowest BCUT2D eigenvalue weighted by atomic mass is 10.7. The smallest absolute Gasteiger partial charge is 0.380 e. The average Bonchev–Trinajstić information content (AvgIpc) is 1.64. The van der Waals surface area contributed by atoms with Crippen LogP contribution in [0.3, 0.4) is 0 Å². The van der Waals surface area contributed by atoms with Crippen molar-refractivity contribution >= 4 is 15.2 Å². The summed E-state index contributed by atoms with van der Waals surface area (Å²) in [5, 5.41) is 0. The topological polar surface area (TPSA) is 26.3 Å². The zero-order chi connectivity index (χ0) is 7.49. The third-order valence-corrected chi connectivity index (χ3v) is 0.783. The molecule has 9 heavy (non-hydrogen) atoms. The Morgan fingerprint density at radius 2 is 2.22 bits per heavy atom. The molecule has 0 N–H and O–H groups in total. The standard InChI is InChI=1S/C4H7F2O2P/c1-2-8-3(7)4(5,6)9/h2,9H2,1H3. The van der Waals surface area contributed by atoms with Crippen LogP contribution in [0.5, 0.6) is 0 Å². The van der Waals surface area contributed by atoms with Crippen molar-refractivity contribution in [3.8, 4) is 0 Å². The number of halogens is 2. The Kier molecular flexibility index (Phi) is 2.98. The number of rotatable bonds is 2. The molecule has 2 nitrogen and oxygen atoms in total. The van der Waals surface area contributed by atoms with Crippen molar-refractivity contribution in [1.82, 2.24) is 0 Å². The van der Waals surface area contributed by atoms with E-state index < -0.39 is 11.6 Å². The van der Waals surface area contributed by atoms with Crippen molar-refractivity contribution in [3.05, 3.63) is 0 Å². The Morgan fingerprint density at radius 1 is 1.78 bits per heavy atom. The molecule has 0 fully saturated rings. The van der Waals surface area contributed by atoms with Crippen LogP contribution in [0.15, 0.2) is 0 Å². The highest BCUT2D eigenvalue weighted by molar-refractivity contribution is 7.20. The predicted molar refractivity (Wildman–Crippen MR) is 31.3 cm³/mol. The minimum Gasteiger partial charge on any atom is -0.461 e. The lowest BCUT2D eigenvalue weighted by Gasteiger charge is -2.06. The minimum atomic E-state index is -3.43. The van der Waals surface area contributed by atoms with Gasteiger partial charge in [0.05, 0.1) is 6.61 Å². The van der Waals surface area contributed by atoms with Gasteiger partial charge in [0.25, 0.3) is 0 Å². The number of carbonyl (C=O) groups excluding carboxylic acids is 1. The third kappa shape index (κ3) is 3.36. The second kappa shape index (κ2) is 3.06. The van der Waals surface area contributed by atoms with E-state index in [-0.39, 0.29) is 6.61 Å². The van der Waals surface area contributed by atoms with Crippen LogP contribution >= 0.6 is 9.24 Å². The second-order valence-electron chi connectivity index (χ2n) is 1.34. The van der Waals surface area contributed by atoms with Gasteiger partial charge in [-0.2, -0.15) is 8.78 Å². The van der Waals surface area contributed by atoms with Crippen molar-refractivity contribution in [1.29, 1.82) is 0 Å². The van der Waals surface area contributed by atoms with Gasteiger partial charge < -0.3 is 4.74 Å². The molecule has 0 aliphatic heterocycles. The summed E-state index contributed by atoms with van der Waals surface area (Å²) in [6.07, 6.45) is 0. The number of alkyl halides is 2. The first kappa shape index (κ1) is 8.76. The van der Waals surface area contributed by atoms with Crippen LogP contribution in [-0.2, 0) is 9.53 Å². The van der Waals surface area contributed by atoms with Gasteiger partial charge in [0.2, 0.25) is 0 Å². The van der Waals surface area contributed by atoms with Gasteiger partial charge in [-0.1, -0.05) is 0 Å². The lowest BCUT2D eigenvalue weighted by molar-refractivity contribution is -0.159. The number of ether oxygens (including phenoxy) is 1. The van der Waals surface area contributed by atoms with Crippen molar-refractivity contribution in [2.45, 2.75) is 12.6 Å². The summed E-state index contributed by atoms with van der Waals surface area (Å²) < 4.78 is 27.6. The van der Waals surface area contributed by atoms with Gasteiger partial charge in [-0.3, -0.25) is 0 Å². The molecule has 54 valence electrons. The van der Waals surface area contributed by atoms with E-state index in [4.69, 9.17) is 0 Å². The van der Waals surface area contributed by atoms with Gasteiger partial charge in [0, 0.05) is 0 Å².